The summed E-state index contributed by atoms with van der Waals surface area (Å²) < 4.78 is 25.7. The summed E-state index contributed by atoms with van der Waals surface area (Å²) in [6, 6.07) is 7.03. The van der Waals surface area contributed by atoms with Crippen LogP contribution in [-0.2, 0) is 16.4 Å². The average molecular weight is 292 g/mol. The Bertz CT molecular complexity index is 429. The number of alkyl halides is 1. The van der Waals surface area contributed by atoms with Gasteiger partial charge >= 0.3 is 0 Å². The highest BCUT2D eigenvalue weighted by Crippen LogP contribution is 2.18. The molecule has 1 aromatic carbocycles. The average Bonchev–Trinajstić information content (AvgIpc) is 2.17. The number of nitrogens with one attached hydrogen (secondary N) is 1. The van der Waals surface area contributed by atoms with Gasteiger partial charge in [-0.25, -0.2) is 13.1 Å². The Hall–Kier alpha value is -0.390. The first-order valence-corrected chi connectivity index (χ1v) is 7.03. The van der Waals surface area contributed by atoms with Gasteiger partial charge in [0.15, 0.2) is 0 Å². The zero-order valence-electron chi connectivity index (χ0n) is 8.70. The van der Waals surface area contributed by atoms with E-state index >= 15 is 0 Å². The molecule has 0 bridgehead atoms. The highest BCUT2D eigenvalue weighted by Gasteiger charge is 2.16. The fraction of sp³-hybridized carbons (Fsp3) is 0.400. The van der Waals surface area contributed by atoms with Crippen molar-refractivity contribution in [1.29, 1.82) is 0 Å². The lowest BCUT2D eigenvalue weighted by Gasteiger charge is -2.10. The highest BCUT2D eigenvalue weighted by molar-refractivity contribution is 9.09. The molecule has 1 unspecified atom stereocenters. The summed E-state index contributed by atoms with van der Waals surface area (Å²) in [6.45, 7) is 1.99. The third-order valence-electron chi connectivity index (χ3n) is 2.03. The standard InChI is InChI=1S/C10H14BrNO2S/c1-8(11)7-9-5-3-4-6-10(9)15(13,14)12-2/h3-6,8,12H,7H2,1-2H3. The van der Waals surface area contributed by atoms with Gasteiger partial charge in [0.25, 0.3) is 0 Å². The van der Waals surface area contributed by atoms with Gasteiger partial charge in [0, 0.05) is 4.83 Å². The molecule has 0 saturated heterocycles. The van der Waals surface area contributed by atoms with Crippen molar-refractivity contribution < 1.29 is 8.42 Å². The second-order valence-electron chi connectivity index (χ2n) is 3.30. The van der Waals surface area contributed by atoms with Crippen molar-refractivity contribution in [3.05, 3.63) is 29.8 Å². The van der Waals surface area contributed by atoms with Crippen molar-refractivity contribution in [1.82, 2.24) is 4.72 Å². The van der Waals surface area contributed by atoms with Gasteiger partial charge in [-0.3, -0.25) is 0 Å². The lowest BCUT2D eigenvalue weighted by atomic mass is 10.1. The van der Waals surface area contributed by atoms with Crippen molar-refractivity contribution in [3.63, 3.8) is 0 Å². The molecule has 0 aliphatic heterocycles. The fourth-order valence-electron chi connectivity index (χ4n) is 1.35. The van der Waals surface area contributed by atoms with E-state index in [1.807, 2.05) is 19.1 Å². The van der Waals surface area contributed by atoms with Gasteiger partial charge in [0.05, 0.1) is 4.90 Å². The van der Waals surface area contributed by atoms with Gasteiger partial charge in [-0.2, -0.15) is 0 Å². The first-order valence-electron chi connectivity index (χ1n) is 4.63. The van der Waals surface area contributed by atoms with Crippen molar-refractivity contribution >= 4 is 26.0 Å². The van der Waals surface area contributed by atoms with Crippen molar-refractivity contribution in [2.45, 2.75) is 23.1 Å². The Balaban J connectivity index is 3.18. The molecule has 0 saturated carbocycles. The first kappa shape index (κ1) is 12.7. The van der Waals surface area contributed by atoms with Gasteiger partial charge < -0.3 is 0 Å². The molecule has 0 spiro atoms. The smallest absolute Gasteiger partial charge is 0.214 e. The summed E-state index contributed by atoms with van der Waals surface area (Å²) in [5, 5.41) is 0. The normalized spacial score (nSPS) is 13.8. The van der Waals surface area contributed by atoms with E-state index in [1.54, 1.807) is 12.1 Å². The minimum absolute atomic E-state index is 0.255. The van der Waals surface area contributed by atoms with Crippen LogP contribution >= 0.6 is 15.9 Å². The van der Waals surface area contributed by atoms with Crippen LogP contribution in [0.3, 0.4) is 0 Å². The van der Waals surface area contributed by atoms with E-state index in [9.17, 15) is 8.42 Å². The van der Waals surface area contributed by atoms with Crippen LogP contribution in [-0.4, -0.2) is 20.3 Å². The summed E-state index contributed by atoms with van der Waals surface area (Å²) in [7, 11) is -1.92. The summed E-state index contributed by atoms with van der Waals surface area (Å²) in [5.74, 6) is 0. The number of rotatable bonds is 4. The molecule has 3 nitrogen and oxygen atoms in total. The van der Waals surface area contributed by atoms with Crippen LogP contribution in [0.25, 0.3) is 0 Å². The van der Waals surface area contributed by atoms with Crippen LogP contribution in [0.4, 0.5) is 0 Å². The highest BCUT2D eigenvalue weighted by atomic mass is 79.9. The van der Waals surface area contributed by atoms with Crippen molar-refractivity contribution in [3.8, 4) is 0 Å². The maximum absolute atomic E-state index is 11.7. The second-order valence-corrected chi connectivity index (χ2v) is 6.72. The fourth-order valence-corrected chi connectivity index (χ4v) is 2.67. The van der Waals surface area contributed by atoms with Crippen LogP contribution in [0.15, 0.2) is 29.2 Å². The molecule has 0 radical (unpaired) electrons. The second kappa shape index (κ2) is 5.09. The molecular formula is C10H14BrNO2S. The minimum atomic E-state index is -3.35. The summed E-state index contributed by atoms with van der Waals surface area (Å²) in [6.07, 6.45) is 0.692. The number of benzene rings is 1. The lowest BCUT2D eigenvalue weighted by Crippen LogP contribution is -2.20. The molecule has 0 amide bonds. The quantitative estimate of drug-likeness (QED) is 0.862. The molecule has 0 fully saturated rings. The lowest BCUT2D eigenvalue weighted by molar-refractivity contribution is 0.587. The van der Waals surface area contributed by atoms with Crippen molar-refractivity contribution in [2.75, 3.05) is 7.05 Å². The predicted molar refractivity (Wildman–Crippen MR) is 64.8 cm³/mol. The number of hydrogen-bond donors (Lipinski definition) is 1. The molecule has 0 aliphatic carbocycles. The topological polar surface area (TPSA) is 46.2 Å². The Morgan fingerprint density at radius 3 is 2.53 bits per heavy atom. The van der Waals surface area contributed by atoms with Crippen LogP contribution in [0.1, 0.15) is 12.5 Å². The monoisotopic (exact) mass is 291 g/mol. The third-order valence-corrected chi connectivity index (χ3v) is 3.87. The largest absolute Gasteiger partial charge is 0.240 e. The van der Waals surface area contributed by atoms with E-state index in [2.05, 4.69) is 20.7 Å². The summed E-state index contributed by atoms with van der Waals surface area (Å²) in [5.41, 5.74) is 0.830. The molecule has 0 heterocycles. The first-order chi connectivity index (χ1) is 6.97. The number of hydrogen-bond acceptors (Lipinski definition) is 2. The van der Waals surface area contributed by atoms with Crippen LogP contribution in [0.5, 0.6) is 0 Å². The minimum Gasteiger partial charge on any atom is -0.214 e. The van der Waals surface area contributed by atoms with Gasteiger partial charge in [-0.1, -0.05) is 41.1 Å². The summed E-state index contributed by atoms with van der Waals surface area (Å²) in [4.78, 5) is 0.615. The molecule has 5 heteroatoms. The van der Waals surface area contributed by atoms with Crippen molar-refractivity contribution in [2.24, 2.45) is 0 Å². The SMILES string of the molecule is CNS(=O)(=O)c1ccccc1CC(C)Br. The van der Waals surface area contributed by atoms with Gasteiger partial charge in [0.2, 0.25) is 10.0 Å². The van der Waals surface area contributed by atoms with E-state index in [-0.39, 0.29) is 4.83 Å². The van der Waals surface area contributed by atoms with Gasteiger partial charge in [-0.05, 0) is 25.1 Å². The van der Waals surface area contributed by atoms with E-state index in [4.69, 9.17) is 0 Å². The van der Waals surface area contributed by atoms with Gasteiger partial charge in [-0.15, -0.1) is 0 Å². The Labute approximate surface area is 99.1 Å². The van der Waals surface area contributed by atoms with Crippen LogP contribution < -0.4 is 4.72 Å². The third kappa shape index (κ3) is 3.29. The van der Waals surface area contributed by atoms with E-state index < -0.39 is 10.0 Å². The van der Waals surface area contributed by atoms with Crippen LogP contribution in [0, 0.1) is 0 Å². The molecule has 84 valence electrons. The molecule has 15 heavy (non-hydrogen) atoms. The molecule has 1 rings (SSSR count). The predicted octanol–water partition coefficient (Wildman–Crippen LogP) is 1.92. The molecule has 1 aromatic rings. The Morgan fingerprint density at radius 1 is 1.40 bits per heavy atom. The zero-order valence-corrected chi connectivity index (χ0v) is 11.1. The maximum Gasteiger partial charge on any atom is 0.240 e. The summed E-state index contributed by atoms with van der Waals surface area (Å²) >= 11 is 3.42. The van der Waals surface area contributed by atoms with Gasteiger partial charge in [0.1, 0.15) is 0 Å². The number of halogens is 1. The molecule has 1 atom stereocenters. The molecule has 1 N–H and O–H groups in total. The Morgan fingerprint density at radius 2 is 2.00 bits per heavy atom. The zero-order chi connectivity index (χ0) is 11.5. The van der Waals surface area contributed by atoms with E-state index in [0.717, 1.165) is 5.56 Å². The van der Waals surface area contributed by atoms with E-state index in [1.165, 1.54) is 7.05 Å². The van der Waals surface area contributed by atoms with Crippen LogP contribution in [0.2, 0.25) is 0 Å². The Kier molecular flexibility index (Phi) is 4.31. The maximum atomic E-state index is 11.7. The molecular weight excluding hydrogens is 278 g/mol. The number of sulfonamides is 1. The van der Waals surface area contributed by atoms with E-state index in [0.29, 0.717) is 11.3 Å². The molecule has 0 aliphatic rings. The molecule has 0 aromatic heterocycles.